The van der Waals surface area contributed by atoms with Crippen molar-refractivity contribution in [1.29, 1.82) is 0 Å². The Hall–Kier alpha value is -1.75. The first kappa shape index (κ1) is 13.7. The Balaban J connectivity index is 2.28. The lowest BCUT2D eigenvalue weighted by Crippen LogP contribution is -2.23. The second kappa shape index (κ2) is 5.48. The van der Waals surface area contributed by atoms with Crippen molar-refractivity contribution in [1.82, 2.24) is 5.32 Å². The van der Waals surface area contributed by atoms with Crippen LogP contribution in [0.3, 0.4) is 0 Å². The average Bonchev–Trinajstić information content (AvgIpc) is 2.83. The molecular formula is C14H14F3NO. The molecular weight excluding hydrogens is 255 g/mol. The Kier molecular flexibility index (Phi) is 3.95. The highest BCUT2D eigenvalue weighted by Gasteiger charge is 2.14. The summed E-state index contributed by atoms with van der Waals surface area (Å²) in [7, 11) is 1.83. The molecule has 1 aromatic heterocycles. The van der Waals surface area contributed by atoms with Crippen molar-refractivity contribution in [3.63, 3.8) is 0 Å². The van der Waals surface area contributed by atoms with E-state index in [1.807, 2.05) is 14.0 Å². The van der Waals surface area contributed by atoms with Gasteiger partial charge in [0, 0.05) is 18.0 Å². The van der Waals surface area contributed by atoms with Gasteiger partial charge in [0.05, 0.1) is 0 Å². The number of rotatable bonds is 4. The van der Waals surface area contributed by atoms with E-state index in [9.17, 15) is 13.2 Å². The maximum absolute atomic E-state index is 13.1. The van der Waals surface area contributed by atoms with Crippen LogP contribution in [-0.2, 0) is 6.42 Å². The van der Waals surface area contributed by atoms with E-state index in [2.05, 4.69) is 5.32 Å². The van der Waals surface area contributed by atoms with Crippen LogP contribution in [0.1, 0.15) is 12.7 Å². The molecule has 5 heteroatoms. The second-order valence-electron chi connectivity index (χ2n) is 4.41. The first-order chi connectivity index (χ1) is 9.01. The summed E-state index contributed by atoms with van der Waals surface area (Å²) in [5, 5.41) is 3.06. The minimum Gasteiger partial charge on any atom is -0.461 e. The summed E-state index contributed by atoms with van der Waals surface area (Å²) in [6, 6.07) is 5.41. The molecule has 0 bridgehead atoms. The zero-order valence-electron chi connectivity index (χ0n) is 10.6. The molecule has 1 aromatic carbocycles. The normalized spacial score (nSPS) is 12.7. The number of nitrogens with one attached hydrogen (secondary N) is 1. The van der Waals surface area contributed by atoms with Gasteiger partial charge in [-0.1, -0.05) is 0 Å². The summed E-state index contributed by atoms with van der Waals surface area (Å²) in [4.78, 5) is 0. The summed E-state index contributed by atoms with van der Waals surface area (Å²) in [6.45, 7) is 1.99. The van der Waals surface area contributed by atoms with Crippen molar-refractivity contribution in [3.05, 3.63) is 47.5 Å². The van der Waals surface area contributed by atoms with E-state index in [-0.39, 0.29) is 11.6 Å². The fourth-order valence-corrected chi connectivity index (χ4v) is 1.74. The van der Waals surface area contributed by atoms with Crippen LogP contribution < -0.4 is 5.32 Å². The van der Waals surface area contributed by atoms with Crippen LogP contribution in [-0.4, -0.2) is 13.1 Å². The molecule has 2 rings (SSSR count). The smallest absolute Gasteiger partial charge is 0.194 e. The zero-order chi connectivity index (χ0) is 14.0. The fraction of sp³-hybridized carbons (Fsp3) is 0.286. The third kappa shape index (κ3) is 2.98. The lowest BCUT2D eigenvalue weighted by atomic mass is 10.1. The Morgan fingerprint density at radius 3 is 2.37 bits per heavy atom. The molecule has 0 saturated carbocycles. The first-order valence-electron chi connectivity index (χ1n) is 5.92. The molecule has 19 heavy (non-hydrogen) atoms. The van der Waals surface area contributed by atoms with Crippen LogP contribution in [0, 0.1) is 17.5 Å². The van der Waals surface area contributed by atoms with E-state index in [1.54, 1.807) is 12.1 Å². The summed E-state index contributed by atoms with van der Waals surface area (Å²) in [5.74, 6) is -2.91. The van der Waals surface area contributed by atoms with E-state index in [0.29, 0.717) is 17.9 Å². The van der Waals surface area contributed by atoms with Gasteiger partial charge in [0.25, 0.3) is 0 Å². The minimum absolute atomic E-state index is 0.180. The largest absolute Gasteiger partial charge is 0.461 e. The maximum atomic E-state index is 13.1. The van der Waals surface area contributed by atoms with Gasteiger partial charge in [-0.25, -0.2) is 13.2 Å². The summed E-state index contributed by atoms with van der Waals surface area (Å²) in [6.07, 6.45) is 0.655. The summed E-state index contributed by atoms with van der Waals surface area (Å²) < 4.78 is 44.6. The minimum atomic E-state index is -1.47. The molecule has 0 spiro atoms. The Labute approximate surface area is 109 Å². The Morgan fingerprint density at radius 2 is 1.79 bits per heavy atom. The van der Waals surface area contributed by atoms with Crippen LogP contribution in [0.25, 0.3) is 11.3 Å². The second-order valence-corrected chi connectivity index (χ2v) is 4.41. The number of benzene rings is 1. The molecule has 0 saturated heterocycles. The Morgan fingerprint density at radius 1 is 1.16 bits per heavy atom. The first-order valence-corrected chi connectivity index (χ1v) is 5.92. The molecule has 2 aromatic rings. The van der Waals surface area contributed by atoms with Crippen molar-refractivity contribution in [2.75, 3.05) is 7.05 Å². The third-order valence-electron chi connectivity index (χ3n) is 2.93. The van der Waals surface area contributed by atoms with Crippen LogP contribution in [0.2, 0.25) is 0 Å². The monoisotopic (exact) mass is 269 g/mol. The molecule has 0 aliphatic heterocycles. The Bertz CT molecular complexity index is 557. The molecule has 102 valence electrons. The van der Waals surface area contributed by atoms with Crippen molar-refractivity contribution >= 4 is 0 Å². The quantitative estimate of drug-likeness (QED) is 0.859. The van der Waals surface area contributed by atoms with Gasteiger partial charge in [0.1, 0.15) is 11.5 Å². The SMILES string of the molecule is CNC(C)Cc1ccc(-c2cc(F)c(F)c(F)c2)o1. The lowest BCUT2D eigenvalue weighted by molar-refractivity contribution is 0.445. The van der Waals surface area contributed by atoms with Gasteiger partial charge in [-0.05, 0) is 38.2 Å². The number of halogens is 3. The van der Waals surface area contributed by atoms with Gasteiger partial charge in [-0.2, -0.15) is 0 Å². The van der Waals surface area contributed by atoms with Crippen LogP contribution in [0.4, 0.5) is 13.2 Å². The van der Waals surface area contributed by atoms with Gasteiger partial charge in [-0.3, -0.25) is 0 Å². The summed E-state index contributed by atoms with van der Waals surface area (Å²) in [5.41, 5.74) is 0.180. The van der Waals surface area contributed by atoms with Crippen LogP contribution >= 0.6 is 0 Å². The highest BCUT2D eigenvalue weighted by Crippen LogP contribution is 2.26. The highest BCUT2D eigenvalue weighted by atomic mass is 19.2. The number of hydrogen-bond donors (Lipinski definition) is 1. The molecule has 0 radical (unpaired) electrons. The number of furan rings is 1. The van der Waals surface area contributed by atoms with Crippen LogP contribution in [0.15, 0.2) is 28.7 Å². The van der Waals surface area contributed by atoms with E-state index in [0.717, 1.165) is 12.1 Å². The van der Waals surface area contributed by atoms with Crippen molar-refractivity contribution in [2.24, 2.45) is 0 Å². The van der Waals surface area contributed by atoms with Gasteiger partial charge >= 0.3 is 0 Å². The predicted octanol–water partition coefficient (Wildman–Crippen LogP) is 3.51. The lowest BCUT2D eigenvalue weighted by Gasteiger charge is -2.06. The van der Waals surface area contributed by atoms with Gasteiger partial charge in [-0.15, -0.1) is 0 Å². The van der Waals surface area contributed by atoms with E-state index >= 15 is 0 Å². The molecule has 0 aliphatic rings. The van der Waals surface area contributed by atoms with Gasteiger partial charge in [0.15, 0.2) is 17.5 Å². The van der Waals surface area contributed by atoms with E-state index in [1.165, 1.54) is 0 Å². The van der Waals surface area contributed by atoms with Crippen molar-refractivity contribution in [2.45, 2.75) is 19.4 Å². The zero-order valence-corrected chi connectivity index (χ0v) is 10.6. The maximum Gasteiger partial charge on any atom is 0.194 e. The standard InChI is InChI=1S/C14H14F3NO/c1-8(18-2)5-10-3-4-13(19-10)9-6-11(15)14(17)12(16)7-9/h3-4,6-8,18H,5H2,1-2H3. The molecule has 0 aliphatic carbocycles. The fourth-order valence-electron chi connectivity index (χ4n) is 1.74. The number of likely N-dealkylation sites (N-methyl/N-ethyl adjacent to an activating group) is 1. The van der Waals surface area contributed by atoms with E-state index < -0.39 is 17.5 Å². The molecule has 1 unspecified atom stereocenters. The average molecular weight is 269 g/mol. The summed E-state index contributed by atoms with van der Waals surface area (Å²) >= 11 is 0. The van der Waals surface area contributed by atoms with Gasteiger partial charge in [0.2, 0.25) is 0 Å². The number of hydrogen-bond acceptors (Lipinski definition) is 2. The molecule has 0 fully saturated rings. The van der Waals surface area contributed by atoms with Crippen molar-refractivity contribution < 1.29 is 17.6 Å². The molecule has 1 N–H and O–H groups in total. The third-order valence-corrected chi connectivity index (χ3v) is 2.93. The molecule has 0 amide bonds. The predicted molar refractivity (Wildman–Crippen MR) is 66.2 cm³/mol. The topological polar surface area (TPSA) is 25.2 Å². The molecule has 1 atom stereocenters. The van der Waals surface area contributed by atoms with Gasteiger partial charge < -0.3 is 9.73 Å². The van der Waals surface area contributed by atoms with Crippen LogP contribution in [0.5, 0.6) is 0 Å². The van der Waals surface area contributed by atoms with E-state index in [4.69, 9.17) is 4.42 Å². The highest BCUT2D eigenvalue weighted by molar-refractivity contribution is 5.57. The van der Waals surface area contributed by atoms with Crippen molar-refractivity contribution in [3.8, 4) is 11.3 Å². The molecule has 2 nitrogen and oxygen atoms in total. The molecule has 1 heterocycles.